The van der Waals surface area contributed by atoms with Gasteiger partial charge in [-0.05, 0) is 11.8 Å². The Labute approximate surface area is 88.1 Å². The highest BCUT2D eigenvalue weighted by molar-refractivity contribution is 9.09. The molecule has 1 saturated heterocycles. The molecule has 0 amide bonds. The molecule has 1 saturated carbocycles. The zero-order chi connectivity index (χ0) is 9.53. The third-order valence-corrected chi connectivity index (χ3v) is 3.74. The van der Waals surface area contributed by atoms with Crippen molar-refractivity contribution in [1.29, 1.82) is 0 Å². The Hall–Kier alpha value is 0.400. The van der Waals surface area contributed by atoms with Crippen LogP contribution in [0.2, 0.25) is 0 Å². The van der Waals surface area contributed by atoms with Crippen molar-refractivity contribution >= 4 is 15.9 Å². The molecule has 0 bridgehead atoms. The predicted octanol–water partition coefficient (Wildman–Crippen LogP) is 2.70. The Bertz CT molecular complexity index is 205. The second-order valence-electron chi connectivity index (χ2n) is 4.96. The minimum atomic E-state index is -0.234. The van der Waals surface area contributed by atoms with Gasteiger partial charge in [0.2, 0.25) is 0 Å². The predicted molar refractivity (Wildman–Crippen MR) is 55.0 cm³/mol. The van der Waals surface area contributed by atoms with Gasteiger partial charge < -0.3 is 9.47 Å². The van der Waals surface area contributed by atoms with Gasteiger partial charge in [0.15, 0.2) is 5.79 Å². The van der Waals surface area contributed by atoms with E-state index in [1.807, 2.05) is 0 Å². The number of rotatable bonds is 1. The topological polar surface area (TPSA) is 18.5 Å². The van der Waals surface area contributed by atoms with Gasteiger partial charge in [-0.2, -0.15) is 0 Å². The van der Waals surface area contributed by atoms with Gasteiger partial charge in [0.1, 0.15) is 0 Å². The van der Waals surface area contributed by atoms with Crippen molar-refractivity contribution in [1.82, 2.24) is 0 Å². The van der Waals surface area contributed by atoms with Gasteiger partial charge in [-0.25, -0.2) is 0 Å². The summed E-state index contributed by atoms with van der Waals surface area (Å²) in [6.07, 6.45) is 3.57. The first kappa shape index (κ1) is 9.94. The van der Waals surface area contributed by atoms with Gasteiger partial charge in [-0.15, -0.1) is 0 Å². The first-order chi connectivity index (χ1) is 6.05. The average Bonchev–Trinajstić information content (AvgIpc) is 2.57. The number of halogens is 1. The van der Waals surface area contributed by atoms with E-state index in [9.17, 15) is 0 Å². The second kappa shape index (κ2) is 3.21. The Morgan fingerprint density at radius 3 is 2.62 bits per heavy atom. The quantitative estimate of drug-likeness (QED) is 0.665. The molecule has 0 N–H and O–H groups in total. The van der Waals surface area contributed by atoms with Crippen LogP contribution < -0.4 is 0 Å². The van der Waals surface area contributed by atoms with Crippen molar-refractivity contribution in [2.45, 2.75) is 45.0 Å². The minimum Gasteiger partial charge on any atom is -0.347 e. The molecular weight excluding hydrogens is 232 g/mol. The number of ether oxygens (including phenoxy) is 2. The highest BCUT2D eigenvalue weighted by Crippen LogP contribution is 2.48. The molecule has 13 heavy (non-hydrogen) atoms. The van der Waals surface area contributed by atoms with Gasteiger partial charge in [-0.3, -0.25) is 0 Å². The molecule has 1 aliphatic carbocycles. The Kier molecular flexibility index (Phi) is 2.45. The molecule has 0 aromatic heterocycles. The summed E-state index contributed by atoms with van der Waals surface area (Å²) in [7, 11) is 0. The third-order valence-electron chi connectivity index (χ3n) is 3.02. The lowest BCUT2D eigenvalue weighted by atomic mass is 9.91. The van der Waals surface area contributed by atoms with Crippen molar-refractivity contribution in [2.75, 3.05) is 11.9 Å². The largest absolute Gasteiger partial charge is 0.347 e. The molecule has 76 valence electrons. The van der Waals surface area contributed by atoms with Crippen molar-refractivity contribution in [2.24, 2.45) is 5.41 Å². The maximum atomic E-state index is 5.93. The van der Waals surface area contributed by atoms with E-state index in [4.69, 9.17) is 9.47 Å². The zero-order valence-electron chi connectivity index (χ0n) is 8.31. The first-order valence-corrected chi connectivity index (χ1v) is 6.05. The summed E-state index contributed by atoms with van der Waals surface area (Å²) in [6.45, 7) is 5.33. The number of hydrogen-bond acceptors (Lipinski definition) is 2. The Morgan fingerprint density at radius 1 is 1.38 bits per heavy atom. The van der Waals surface area contributed by atoms with E-state index in [0.29, 0.717) is 5.41 Å². The van der Waals surface area contributed by atoms with Crippen LogP contribution in [0.15, 0.2) is 0 Å². The molecule has 2 unspecified atom stereocenters. The molecule has 3 heteroatoms. The highest BCUT2D eigenvalue weighted by Gasteiger charge is 2.49. The van der Waals surface area contributed by atoms with E-state index in [0.717, 1.165) is 24.8 Å². The molecule has 2 nitrogen and oxygen atoms in total. The smallest absolute Gasteiger partial charge is 0.169 e. The van der Waals surface area contributed by atoms with Crippen LogP contribution >= 0.6 is 15.9 Å². The molecule has 0 aromatic carbocycles. The molecular formula is C10H17BrO2. The van der Waals surface area contributed by atoms with Gasteiger partial charge >= 0.3 is 0 Å². The van der Waals surface area contributed by atoms with Crippen molar-refractivity contribution < 1.29 is 9.47 Å². The van der Waals surface area contributed by atoms with Crippen LogP contribution in [-0.2, 0) is 9.47 Å². The van der Waals surface area contributed by atoms with Gasteiger partial charge in [-0.1, -0.05) is 29.8 Å². The summed E-state index contributed by atoms with van der Waals surface area (Å²) in [6, 6.07) is 0. The molecule has 1 aliphatic heterocycles. The van der Waals surface area contributed by atoms with E-state index >= 15 is 0 Å². The van der Waals surface area contributed by atoms with Crippen molar-refractivity contribution in [3.8, 4) is 0 Å². The summed E-state index contributed by atoms with van der Waals surface area (Å²) in [5.74, 6) is -0.234. The van der Waals surface area contributed by atoms with Crippen LogP contribution in [0.5, 0.6) is 0 Å². The average molecular weight is 249 g/mol. The van der Waals surface area contributed by atoms with Crippen LogP contribution in [0.25, 0.3) is 0 Å². The summed E-state index contributed by atoms with van der Waals surface area (Å²) < 4.78 is 11.7. The fourth-order valence-corrected chi connectivity index (χ4v) is 2.67. The Morgan fingerprint density at radius 2 is 2.15 bits per heavy atom. The third kappa shape index (κ3) is 1.92. The van der Waals surface area contributed by atoms with E-state index in [1.54, 1.807) is 0 Å². The molecule has 2 rings (SSSR count). The lowest BCUT2D eigenvalue weighted by Crippen LogP contribution is -2.28. The van der Waals surface area contributed by atoms with Crippen LogP contribution in [-0.4, -0.2) is 23.8 Å². The van der Waals surface area contributed by atoms with E-state index < -0.39 is 0 Å². The second-order valence-corrected chi connectivity index (χ2v) is 5.60. The molecule has 2 fully saturated rings. The zero-order valence-corrected chi connectivity index (χ0v) is 9.89. The van der Waals surface area contributed by atoms with Gasteiger partial charge in [0, 0.05) is 18.2 Å². The fraction of sp³-hybridized carbons (Fsp3) is 1.00. The lowest BCUT2D eigenvalue weighted by Gasteiger charge is -2.24. The number of alkyl halides is 1. The van der Waals surface area contributed by atoms with Crippen molar-refractivity contribution in [3.63, 3.8) is 0 Å². The molecule has 2 aliphatic rings. The van der Waals surface area contributed by atoms with Gasteiger partial charge in [0.25, 0.3) is 0 Å². The first-order valence-electron chi connectivity index (χ1n) is 4.93. The molecule has 1 heterocycles. The molecule has 1 spiro atoms. The fourth-order valence-electron chi connectivity index (χ4n) is 2.35. The van der Waals surface area contributed by atoms with Crippen molar-refractivity contribution in [3.05, 3.63) is 0 Å². The summed E-state index contributed by atoms with van der Waals surface area (Å²) in [4.78, 5) is 0. The van der Waals surface area contributed by atoms with Crippen LogP contribution in [0.1, 0.15) is 33.1 Å². The van der Waals surface area contributed by atoms with E-state index in [-0.39, 0.29) is 11.9 Å². The SMILES string of the molecule is CC1(C)CCC2(C1)OCC(CBr)O2. The van der Waals surface area contributed by atoms with Gasteiger partial charge in [0.05, 0.1) is 12.7 Å². The van der Waals surface area contributed by atoms with Crippen LogP contribution in [0.4, 0.5) is 0 Å². The van der Waals surface area contributed by atoms with Crippen LogP contribution in [0.3, 0.4) is 0 Å². The lowest BCUT2D eigenvalue weighted by molar-refractivity contribution is -0.164. The maximum absolute atomic E-state index is 5.93. The highest BCUT2D eigenvalue weighted by atomic mass is 79.9. The number of hydrogen-bond donors (Lipinski definition) is 0. The maximum Gasteiger partial charge on any atom is 0.169 e. The summed E-state index contributed by atoms with van der Waals surface area (Å²) in [5.41, 5.74) is 0.390. The normalized spacial score (nSPS) is 43.2. The minimum absolute atomic E-state index is 0.234. The van der Waals surface area contributed by atoms with E-state index in [2.05, 4.69) is 29.8 Å². The molecule has 2 atom stereocenters. The summed E-state index contributed by atoms with van der Waals surface area (Å²) >= 11 is 3.43. The molecule has 0 radical (unpaired) electrons. The monoisotopic (exact) mass is 248 g/mol. The molecule has 0 aromatic rings. The van der Waals surface area contributed by atoms with E-state index in [1.165, 1.54) is 6.42 Å². The van der Waals surface area contributed by atoms with Crippen LogP contribution in [0, 0.1) is 5.41 Å². The summed E-state index contributed by atoms with van der Waals surface area (Å²) in [5, 5.41) is 0.884. The standard InChI is InChI=1S/C10H17BrO2/c1-9(2)3-4-10(7-9)12-6-8(5-11)13-10/h8H,3-7H2,1-2H3. The Balaban J connectivity index is 2.01.